The Morgan fingerprint density at radius 3 is 2.77 bits per heavy atom. The highest BCUT2D eigenvalue weighted by molar-refractivity contribution is 5.93. The zero-order valence-corrected chi connectivity index (χ0v) is 17.0. The van der Waals surface area contributed by atoms with Crippen molar-refractivity contribution in [3.05, 3.63) is 41.2 Å². The fourth-order valence-electron chi connectivity index (χ4n) is 3.89. The molecule has 1 N–H and O–H groups in total. The second-order valence-corrected chi connectivity index (χ2v) is 7.58. The van der Waals surface area contributed by atoms with Crippen molar-refractivity contribution >= 4 is 17.5 Å². The van der Waals surface area contributed by atoms with Crippen molar-refractivity contribution in [3.8, 4) is 5.75 Å². The molecule has 1 aromatic heterocycles. The summed E-state index contributed by atoms with van der Waals surface area (Å²) >= 11 is 0. The lowest BCUT2D eigenvalue weighted by molar-refractivity contribution is -0.138. The topological polar surface area (TPSA) is 76.6 Å². The number of nitrogens with zero attached hydrogens (tertiary/aromatic N) is 3. The highest BCUT2D eigenvalue weighted by Crippen LogP contribution is 2.38. The van der Waals surface area contributed by atoms with Gasteiger partial charge in [0.15, 0.2) is 0 Å². The van der Waals surface area contributed by atoms with E-state index < -0.39 is 11.7 Å². The zero-order valence-electron chi connectivity index (χ0n) is 17.0. The van der Waals surface area contributed by atoms with Crippen LogP contribution in [0.4, 0.5) is 24.8 Å². The van der Waals surface area contributed by atoms with E-state index in [-0.39, 0.29) is 23.3 Å². The van der Waals surface area contributed by atoms with Gasteiger partial charge in [-0.25, -0.2) is 9.97 Å². The Kier molecular flexibility index (Phi) is 5.99. The van der Waals surface area contributed by atoms with Crippen LogP contribution in [-0.2, 0) is 28.5 Å². The third-order valence-corrected chi connectivity index (χ3v) is 5.57. The molecular formula is C21H23F3N4O3. The minimum Gasteiger partial charge on any atom is -0.496 e. The van der Waals surface area contributed by atoms with Crippen LogP contribution in [0.3, 0.4) is 0 Å². The van der Waals surface area contributed by atoms with Crippen LogP contribution in [0, 0.1) is 5.92 Å². The van der Waals surface area contributed by atoms with Crippen LogP contribution in [0.2, 0.25) is 0 Å². The first kappa shape index (κ1) is 21.4. The summed E-state index contributed by atoms with van der Waals surface area (Å²) in [5.41, 5.74) is 0.979. The second-order valence-electron chi connectivity index (χ2n) is 7.58. The molecule has 1 fully saturated rings. The summed E-state index contributed by atoms with van der Waals surface area (Å²) in [6, 6.07) is 3.50. The number of ether oxygens (including phenoxy) is 2. The molecular weight excluding hydrogens is 413 g/mol. The number of amides is 1. The van der Waals surface area contributed by atoms with Crippen LogP contribution in [0.15, 0.2) is 24.4 Å². The van der Waals surface area contributed by atoms with Crippen LogP contribution < -0.4 is 15.0 Å². The fraction of sp³-hybridized carbons (Fsp3) is 0.476. The van der Waals surface area contributed by atoms with Crippen molar-refractivity contribution in [1.82, 2.24) is 9.97 Å². The molecule has 7 nitrogen and oxygen atoms in total. The highest BCUT2D eigenvalue weighted by Gasteiger charge is 2.35. The maximum Gasteiger partial charge on any atom is 0.420 e. The van der Waals surface area contributed by atoms with E-state index in [1.54, 1.807) is 6.20 Å². The molecule has 10 heteroatoms. The molecule has 2 aromatic rings. The number of benzene rings is 1. The molecule has 1 aromatic carbocycles. The molecule has 4 rings (SSSR count). The Morgan fingerprint density at radius 2 is 2.06 bits per heavy atom. The average molecular weight is 436 g/mol. The largest absolute Gasteiger partial charge is 0.496 e. The second kappa shape index (κ2) is 8.70. The third kappa shape index (κ3) is 4.73. The Hall–Kier alpha value is -2.88. The molecule has 1 saturated heterocycles. The van der Waals surface area contributed by atoms with E-state index in [4.69, 9.17) is 9.47 Å². The lowest BCUT2D eigenvalue weighted by Crippen LogP contribution is -2.38. The number of alkyl halides is 3. The molecule has 1 aliphatic carbocycles. The number of rotatable bonds is 4. The summed E-state index contributed by atoms with van der Waals surface area (Å²) in [6.45, 7) is 2.77. The summed E-state index contributed by atoms with van der Waals surface area (Å²) in [5, 5.41) is 2.61. The van der Waals surface area contributed by atoms with Crippen LogP contribution in [-0.4, -0.2) is 49.3 Å². The van der Waals surface area contributed by atoms with Gasteiger partial charge in [-0.3, -0.25) is 4.79 Å². The first-order valence-electron chi connectivity index (χ1n) is 10.1. The first-order chi connectivity index (χ1) is 14.8. The number of carbonyl (C=O) groups excluding carboxylic acids is 1. The van der Waals surface area contributed by atoms with Crippen molar-refractivity contribution in [2.45, 2.75) is 25.4 Å². The van der Waals surface area contributed by atoms with Crippen molar-refractivity contribution in [3.63, 3.8) is 0 Å². The van der Waals surface area contributed by atoms with E-state index >= 15 is 0 Å². The standard InChI is InChI=1S/C21H23F3N4O3/c1-30-18-5-3-15(11-16(18)21(22,23)24)26-19(29)13-2-4-17-14(10-13)12-25-20(27-17)28-6-8-31-9-7-28/h3,5,11-13H,2,4,6-10H2,1H3,(H,26,29)/t13-/m0/s1. The van der Waals surface area contributed by atoms with Gasteiger partial charge in [-0.1, -0.05) is 0 Å². The molecule has 166 valence electrons. The fourth-order valence-corrected chi connectivity index (χ4v) is 3.89. The lowest BCUT2D eigenvalue weighted by atomic mass is 9.86. The molecule has 1 atom stereocenters. The number of methoxy groups -OCH3 is 1. The molecule has 31 heavy (non-hydrogen) atoms. The SMILES string of the molecule is COc1ccc(NC(=O)[C@H]2CCc3nc(N4CCOCC4)ncc3C2)cc1C(F)(F)F. The smallest absolute Gasteiger partial charge is 0.420 e. The number of aromatic nitrogens is 2. The number of hydrogen-bond acceptors (Lipinski definition) is 6. The number of hydrogen-bond donors (Lipinski definition) is 1. The average Bonchev–Trinajstić information content (AvgIpc) is 2.78. The van der Waals surface area contributed by atoms with Gasteiger partial charge in [0.2, 0.25) is 11.9 Å². The van der Waals surface area contributed by atoms with Crippen LogP contribution in [0.5, 0.6) is 5.75 Å². The predicted octanol–water partition coefficient (Wildman–Crippen LogP) is 3.08. The van der Waals surface area contributed by atoms with E-state index in [0.717, 1.165) is 30.4 Å². The van der Waals surface area contributed by atoms with Crippen molar-refractivity contribution < 1.29 is 27.4 Å². The van der Waals surface area contributed by atoms with Gasteiger partial charge in [-0.2, -0.15) is 13.2 Å². The summed E-state index contributed by atoms with van der Waals surface area (Å²) in [6.07, 6.45) is -1.19. The molecule has 1 aliphatic heterocycles. The number of halogens is 3. The quantitative estimate of drug-likeness (QED) is 0.794. The van der Waals surface area contributed by atoms with E-state index in [2.05, 4.69) is 20.2 Å². The maximum atomic E-state index is 13.2. The third-order valence-electron chi connectivity index (χ3n) is 5.57. The van der Waals surface area contributed by atoms with E-state index in [1.165, 1.54) is 19.2 Å². The number of carbonyl (C=O) groups is 1. The molecule has 2 heterocycles. The van der Waals surface area contributed by atoms with Gasteiger partial charge >= 0.3 is 6.18 Å². The van der Waals surface area contributed by atoms with Crippen molar-refractivity contribution in [2.75, 3.05) is 43.6 Å². The summed E-state index contributed by atoms with van der Waals surface area (Å²) in [4.78, 5) is 23.9. The number of aryl methyl sites for hydroxylation is 1. The highest BCUT2D eigenvalue weighted by atomic mass is 19.4. The predicted molar refractivity (Wildman–Crippen MR) is 107 cm³/mol. The molecule has 0 spiro atoms. The van der Waals surface area contributed by atoms with Gasteiger partial charge in [-0.05, 0) is 43.0 Å². The van der Waals surface area contributed by atoms with Gasteiger partial charge in [0.1, 0.15) is 5.75 Å². The summed E-state index contributed by atoms with van der Waals surface area (Å²) in [5.74, 6) is -0.295. The number of fused-ring (bicyclic) bond motifs is 1. The summed E-state index contributed by atoms with van der Waals surface area (Å²) in [7, 11) is 1.18. The van der Waals surface area contributed by atoms with Gasteiger partial charge in [0.25, 0.3) is 0 Å². The maximum absolute atomic E-state index is 13.2. The number of nitrogens with one attached hydrogen (secondary N) is 1. The molecule has 1 amide bonds. The molecule has 0 bridgehead atoms. The number of anilines is 2. The molecule has 2 aliphatic rings. The lowest BCUT2D eigenvalue weighted by Gasteiger charge is -2.28. The number of morpholine rings is 1. The van der Waals surface area contributed by atoms with Gasteiger partial charge in [0.05, 0.1) is 25.9 Å². The van der Waals surface area contributed by atoms with Crippen molar-refractivity contribution in [2.24, 2.45) is 5.92 Å². The first-order valence-corrected chi connectivity index (χ1v) is 10.1. The molecule has 0 unspecified atom stereocenters. The minimum absolute atomic E-state index is 0.0860. The van der Waals surface area contributed by atoms with Crippen LogP contribution in [0.1, 0.15) is 23.2 Å². The van der Waals surface area contributed by atoms with E-state index in [1.807, 2.05) is 0 Å². The molecule has 0 radical (unpaired) electrons. The van der Waals surface area contributed by atoms with Crippen molar-refractivity contribution in [1.29, 1.82) is 0 Å². The Labute approximate surface area is 177 Å². The Balaban J connectivity index is 1.44. The van der Waals surface area contributed by atoms with E-state index in [0.29, 0.717) is 38.4 Å². The van der Waals surface area contributed by atoms with E-state index in [9.17, 15) is 18.0 Å². The molecule has 0 saturated carbocycles. The normalized spacial score (nSPS) is 19.0. The Bertz CT molecular complexity index is 961. The van der Waals surface area contributed by atoms with Gasteiger partial charge < -0.3 is 19.7 Å². The van der Waals surface area contributed by atoms with Gasteiger partial charge in [0, 0.05) is 36.6 Å². The Morgan fingerprint density at radius 1 is 1.29 bits per heavy atom. The van der Waals surface area contributed by atoms with Gasteiger partial charge in [-0.15, -0.1) is 0 Å². The summed E-state index contributed by atoms with van der Waals surface area (Å²) < 4.78 is 49.8. The van der Waals surface area contributed by atoms with Crippen LogP contribution >= 0.6 is 0 Å². The monoisotopic (exact) mass is 436 g/mol. The van der Waals surface area contributed by atoms with Crippen LogP contribution in [0.25, 0.3) is 0 Å². The zero-order chi connectivity index (χ0) is 22.0. The minimum atomic E-state index is -4.58.